The Kier molecular flexibility index (Phi) is 3.21. The van der Waals surface area contributed by atoms with Crippen molar-refractivity contribution in [1.82, 2.24) is 0 Å². The molecule has 1 rings (SSSR count). The number of rotatable bonds is 3. The van der Waals surface area contributed by atoms with Crippen LogP contribution in [0.5, 0.6) is 0 Å². The third-order valence-electron chi connectivity index (χ3n) is 1.82. The van der Waals surface area contributed by atoms with E-state index in [0.29, 0.717) is 5.56 Å². The van der Waals surface area contributed by atoms with Crippen molar-refractivity contribution in [3.8, 4) is 6.07 Å². The van der Waals surface area contributed by atoms with Gasteiger partial charge < -0.3 is 10.8 Å². The van der Waals surface area contributed by atoms with Crippen LogP contribution in [0.1, 0.15) is 11.1 Å². The molecule has 0 amide bonds. The zero-order valence-electron chi connectivity index (χ0n) is 7.40. The summed E-state index contributed by atoms with van der Waals surface area (Å²) in [5, 5.41) is 17.0. The van der Waals surface area contributed by atoms with Crippen molar-refractivity contribution < 1.29 is 9.90 Å². The topological polar surface area (TPSA) is 84.9 Å². The van der Waals surface area contributed by atoms with Crippen LogP contribution < -0.4 is 0 Å². The van der Waals surface area contributed by atoms with E-state index in [9.17, 15) is 4.79 Å². The van der Waals surface area contributed by atoms with E-state index in [1.165, 1.54) is 0 Å². The van der Waals surface area contributed by atoms with E-state index < -0.39 is 12.0 Å². The maximum absolute atomic E-state index is 10.4. The molecule has 1 atom stereocenters. The van der Waals surface area contributed by atoms with Crippen LogP contribution in [0.2, 0.25) is 0 Å². The number of hydrogen-bond donors (Lipinski definition) is 1. The van der Waals surface area contributed by atoms with Gasteiger partial charge in [-0.05, 0) is 30.2 Å². The number of carboxylic acid groups (broad SMARTS) is 1. The molecule has 2 N–H and O–H groups in total. The van der Waals surface area contributed by atoms with E-state index in [1.807, 2.05) is 6.07 Å². The first-order valence-corrected chi connectivity index (χ1v) is 4.06. The van der Waals surface area contributed by atoms with E-state index in [-0.39, 0.29) is 6.42 Å². The molecule has 0 spiro atoms. The van der Waals surface area contributed by atoms with Gasteiger partial charge in [0.2, 0.25) is 0 Å². The lowest BCUT2D eigenvalue weighted by molar-refractivity contribution is -0.137. The molecule has 0 radical (unpaired) electrons. The summed E-state index contributed by atoms with van der Waals surface area (Å²) in [4.78, 5) is 10.4. The molecule has 0 bridgehead atoms. The van der Waals surface area contributed by atoms with Crippen molar-refractivity contribution in [2.24, 2.45) is 0 Å². The van der Waals surface area contributed by atoms with Gasteiger partial charge in [-0.3, -0.25) is 4.79 Å². The molecule has 72 valence electrons. The minimum atomic E-state index is -1.14. The molecule has 0 saturated heterocycles. The van der Waals surface area contributed by atoms with E-state index >= 15 is 0 Å². The molecule has 4 nitrogen and oxygen atoms in total. The molecule has 4 heteroatoms. The van der Waals surface area contributed by atoms with Gasteiger partial charge in [0, 0.05) is 0 Å². The highest BCUT2D eigenvalue weighted by molar-refractivity contribution is 5.75. The Bertz CT molecular complexity index is 365. The van der Waals surface area contributed by atoms with Gasteiger partial charge in [0.05, 0.1) is 11.6 Å². The lowest BCUT2D eigenvalue weighted by Crippen LogP contribution is -2.17. The summed E-state index contributed by atoms with van der Waals surface area (Å²) in [5.41, 5.74) is 8.49. The summed E-state index contributed by atoms with van der Waals surface area (Å²) >= 11 is 0. The fourth-order valence-corrected chi connectivity index (χ4v) is 1.04. The fourth-order valence-electron chi connectivity index (χ4n) is 1.04. The summed E-state index contributed by atoms with van der Waals surface area (Å²) in [7, 11) is 0. The molecule has 1 unspecified atom stereocenters. The quantitative estimate of drug-likeness (QED) is 0.783. The molecule has 0 saturated carbocycles. The number of carbonyl (C=O) groups is 1. The molecule has 0 aliphatic carbocycles. The minimum absolute atomic E-state index is 0.168. The Morgan fingerprint density at radius 2 is 2.07 bits per heavy atom. The third-order valence-corrected chi connectivity index (χ3v) is 1.82. The monoisotopic (exact) mass is 189 g/mol. The first-order chi connectivity index (χ1) is 6.63. The average molecular weight is 189 g/mol. The van der Waals surface area contributed by atoms with Crippen LogP contribution in [0.4, 0.5) is 0 Å². The minimum Gasteiger partial charge on any atom is -0.665 e. The summed E-state index contributed by atoms with van der Waals surface area (Å²) < 4.78 is 0. The number of nitrogens with zero attached hydrogens (tertiary/aromatic N) is 1. The molecule has 1 aromatic carbocycles. The number of aliphatic carboxylic acids is 1. The SMILES string of the molecule is N#Cc1ccc(CC([NH-])C(=O)O)cc1. The van der Waals surface area contributed by atoms with Crippen LogP contribution in [0.3, 0.4) is 0 Å². The first kappa shape index (κ1) is 10.2. The molecule has 0 heterocycles. The molecule has 14 heavy (non-hydrogen) atoms. The lowest BCUT2D eigenvalue weighted by atomic mass is 10.1. The summed E-state index contributed by atoms with van der Waals surface area (Å²) in [6.07, 6.45) is 0.168. The van der Waals surface area contributed by atoms with Crippen LogP contribution >= 0.6 is 0 Å². The van der Waals surface area contributed by atoms with Gasteiger partial charge in [-0.1, -0.05) is 12.1 Å². The molecule has 0 aliphatic rings. The lowest BCUT2D eigenvalue weighted by Gasteiger charge is -2.13. The van der Waals surface area contributed by atoms with Crippen molar-refractivity contribution in [3.05, 3.63) is 41.1 Å². The molecule has 0 aromatic heterocycles. The smallest absolute Gasteiger partial charge is 0.285 e. The highest BCUT2D eigenvalue weighted by Crippen LogP contribution is 2.07. The van der Waals surface area contributed by atoms with Crippen molar-refractivity contribution in [2.75, 3.05) is 0 Å². The van der Waals surface area contributed by atoms with Gasteiger partial charge in [-0.2, -0.15) is 5.26 Å². The van der Waals surface area contributed by atoms with Gasteiger partial charge in [0.1, 0.15) is 0 Å². The summed E-state index contributed by atoms with van der Waals surface area (Å²) in [5.74, 6) is -1.13. The third kappa shape index (κ3) is 2.57. The zero-order valence-corrected chi connectivity index (χ0v) is 7.40. The maximum atomic E-state index is 10.4. The maximum Gasteiger partial charge on any atom is 0.285 e. The molecule has 0 fully saturated rings. The van der Waals surface area contributed by atoms with Gasteiger partial charge in [-0.15, -0.1) is 0 Å². The number of nitriles is 1. The second-order valence-electron chi connectivity index (χ2n) is 2.90. The standard InChI is InChI=1S/C10H9N2O2/c11-6-8-3-1-7(2-4-8)5-9(12)10(13)14/h1-4,9,12H,5H2,(H,13,14)/q-1. The van der Waals surface area contributed by atoms with Crippen molar-refractivity contribution in [1.29, 1.82) is 5.26 Å². The Balaban J connectivity index is 2.70. The normalized spacial score (nSPS) is 11.7. The van der Waals surface area contributed by atoms with Crippen LogP contribution in [-0.2, 0) is 11.2 Å². The molecule has 1 aromatic rings. The molecular formula is C10H9N2O2-. The van der Waals surface area contributed by atoms with Crippen LogP contribution in [0, 0.1) is 11.3 Å². The van der Waals surface area contributed by atoms with Crippen molar-refractivity contribution in [3.63, 3.8) is 0 Å². The highest BCUT2D eigenvalue weighted by atomic mass is 16.4. The number of hydrogen-bond acceptors (Lipinski definition) is 2. The highest BCUT2D eigenvalue weighted by Gasteiger charge is 2.04. The average Bonchev–Trinajstić information content (AvgIpc) is 2.19. The van der Waals surface area contributed by atoms with Crippen molar-refractivity contribution >= 4 is 5.97 Å². The number of nitrogens with one attached hydrogen (secondary N) is 1. The Morgan fingerprint density at radius 1 is 1.50 bits per heavy atom. The predicted octanol–water partition coefficient (Wildman–Crippen LogP) is 1.61. The van der Waals surface area contributed by atoms with E-state index in [1.54, 1.807) is 24.3 Å². The van der Waals surface area contributed by atoms with E-state index in [0.717, 1.165) is 5.56 Å². The van der Waals surface area contributed by atoms with Crippen LogP contribution in [0.15, 0.2) is 24.3 Å². The summed E-state index contributed by atoms with van der Waals surface area (Å²) in [6.45, 7) is 0. The largest absolute Gasteiger partial charge is 0.665 e. The van der Waals surface area contributed by atoms with Gasteiger partial charge >= 0.3 is 0 Å². The van der Waals surface area contributed by atoms with Crippen LogP contribution in [0.25, 0.3) is 5.73 Å². The summed E-state index contributed by atoms with van der Waals surface area (Å²) in [6, 6.07) is 7.40. The Morgan fingerprint density at radius 3 is 2.50 bits per heavy atom. The van der Waals surface area contributed by atoms with Gasteiger partial charge in [-0.25, -0.2) is 0 Å². The van der Waals surface area contributed by atoms with Gasteiger partial charge in [0.25, 0.3) is 5.97 Å². The van der Waals surface area contributed by atoms with Crippen molar-refractivity contribution in [2.45, 2.75) is 12.5 Å². The Hall–Kier alpha value is -1.86. The molecular weight excluding hydrogens is 180 g/mol. The number of carboxylic acids is 1. The fraction of sp³-hybridized carbons (Fsp3) is 0.200. The second kappa shape index (κ2) is 4.40. The Labute approximate surface area is 81.6 Å². The van der Waals surface area contributed by atoms with E-state index in [2.05, 4.69) is 0 Å². The van der Waals surface area contributed by atoms with Gasteiger partial charge in [0.15, 0.2) is 0 Å². The molecule has 0 aliphatic heterocycles. The first-order valence-electron chi connectivity index (χ1n) is 4.06. The second-order valence-corrected chi connectivity index (χ2v) is 2.90. The zero-order chi connectivity index (χ0) is 10.6. The predicted molar refractivity (Wildman–Crippen MR) is 50.6 cm³/mol. The number of benzene rings is 1. The van der Waals surface area contributed by atoms with E-state index in [4.69, 9.17) is 16.1 Å². The van der Waals surface area contributed by atoms with Crippen LogP contribution in [-0.4, -0.2) is 17.1 Å².